The SMILES string of the molecule is Cn1nnnc1SCC1=C(C(=O)[O-])N2C(=O)C(NC(=O)C(c3ccccc3)N(C(N)=O)C(=O)c3ccoc3)[C@@H]2SC1.[Na+]. The number of carbonyl (C=O) groups excluding carboxylic acids is 5. The van der Waals surface area contributed by atoms with Crippen molar-refractivity contribution >= 4 is 53.2 Å². The molecular formula is C24H21N8NaO7S2. The Balaban J connectivity index is 0.00000405. The summed E-state index contributed by atoms with van der Waals surface area (Å²) in [5, 5.41) is 25.5. The van der Waals surface area contributed by atoms with Crippen molar-refractivity contribution in [1.29, 1.82) is 0 Å². The van der Waals surface area contributed by atoms with Gasteiger partial charge in [0, 0.05) is 18.6 Å². The molecule has 1 saturated heterocycles. The summed E-state index contributed by atoms with van der Waals surface area (Å²) in [5.74, 6) is -3.54. The molecule has 3 atom stereocenters. The average molecular weight is 621 g/mol. The van der Waals surface area contributed by atoms with Crippen molar-refractivity contribution in [2.75, 3.05) is 11.5 Å². The van der Waals surface area contributed by atoms with E-state index >= 15 is 0 Å². The van der Waals surface area contributed by atoms with E-state index in [2.05, 4.69) is 20.8 Å². The van der Waals surface area contributed by atoms with Crippen LogP contribution in [0.5, 0.6) is 0 Å². The first-order chi connectivity index (χ1) is 19.7. The first-order valence-electron chi connectivity index (χ1n) is 11.9. The van der Waals surface area contributed by atoms with Gasteiger partial charge in [-0.3, -0.25) is 19.3 Å². The molecule has 5 rings (SSSR count). The fourth-order valence-electron chi connectivity index (χ4n) is 4.43. The van der Waals surface area contributed by atoms with Gasteiger partial charge in [0.15, 0.2) is 0 Å². The minimum Gasteiger partial charge on any atom is -0.543 e. The molecule has 0 aliphatic carbocycles. The van der Waals surface area contributed by atoms with E-state index in [4.69, 9.17) is 10.2 Å². The molecule has 4 heterocycles. The number of nitrogens with one attached hydrogen (secondary N) is 1. The number of nitrogens with zero attached hydrogens (tertiary/aromatic N) is 6. The molecule has 1 fully saturated rings. The number of rotatable bonds is 9. The Labute approximate surface area is 268 Å². The van der Waals surface area contributed by atoms with E-state index < -0.39 is 47.2 Å². The molecule has 42 heavy (non-hydrogen) atoms. The summed E-state index contributed by atoms with van der Waals surface area (Å²) in [6, 6.07) is 5.41. The Bertz CT molecular complexity index is 1550. The summed E-state index contributed by atoms with van der Waals surface area (Å²) >= 11 is 2.45. The number of carboxylic acids is 1. The Morgan fingerprint density at radius 3 is 2.60 bits per heavy atom. The van der Waals surface area contributed by atoms with E-state index in [0.717, 1.165) is 11.2 Å². The van der Waals surface area contributed by atoms with Crippen LogP contribution in [-0.4, -0.2) is 82.7 Å². The maximum Gasteiger partial charge on any atom is 1.00 e. The first kappa shape index (κ1) is 31.3. The summed E-state index contributed by atoms with van der Waals surface area (Å²) in [5.41, 5.74) is 5.95. The number of primary amides is 1. The number of furan rings is 1. The largest absolute Gasteiger partial charge is 1.00 e. The van der Waals surface area contributed by atoms with Gasteiger partial charge >= 0.3 is 35.6 Å². The zero-order valence-electron chi connectivity index (χ0n) is 22.2. The van der Waals surface area contributed by atoms with Gasteiger partial charge in [0.2, 0.25) is 11.1 Å². The third kappa shape index (κ3) is 5.96. The molecule has 3 N–H and O–H groups in total. The maximum atomic E-state index is 13.7. The predicted octanol–water partition coefficient (Wildman–Crippen LogP) is -3.73. The molecule has 0 spiro atoms. The Morgan fingerprint density at radius 1 is 1.26 bits per heavy atom. The molecule has 212 valence electrons. The summed E-state index contributed by atoms with van der Waals surface area (Å²) in [6.07, 6.45) is 2.33. The van der Waals surface area contributed by atoms with Crippen molar-refractivity contribution in [2.24, 2.45) is 12.8 Å². The number of imide groups is 1. The molecule has 2 aliphatic heterocycles. The van der Waals surface area contributed by atoms with E-state index in [1.807, 2.05) is 0 Å². The second kappa shape index (κ2) is 13.1. The molecule has 2 aromatic heterocycles. The van der Waals surface area contributed by atoms with E-state index in [9.17, 15) is 29.1 Å². The molecule has 0 radical (unpaired) electrons. The Kier molecular flexibility index (Phi) is 9.78. The number of urea groups is 1. The zero-order chi connectivity index (χ0) is 29.3. The minimum absolute atomic E-state index is 0. The van der Waals surface area contributed by atoms with Crippen molar-refractivity contribution in [3.05, 3.63) is 71.3 Å². The molecule has 3 aromatic rings. The number of amides is 5. The molecular weight excluding hydrogens is 599 g/mol. The second-order valence-electron chi connectivity index (χ2n) is 8.85. The molecule has 0 saturated carbocycles. The fraction of sp³-hybridized carbons (Fsp3) is 0.250. The summed E-state index contributed by atoms with van der Waals surface area (Å²) in [4.78, 5) is 66.2. The topological polar surface area (TPSA) is 210 Å². The number of hydrogen-bond acceptors (Lipinski definition) is 12. The third-order valence-corrected chi connectivity index (χ3v) is 8.78. The number of benzene rings is 1. The first-order valence-corrected chi connectivity index (χ1v) is 14.0. The molecule has 2 unspecified atom stereocenters. The van der Waals surface area contributed by atoms with Gasteiger partial charge < -0.3 is 25.4 Å². The van der Waals surface area contributed by atoms with Crippen LogP contribution in [0.2, 0.25) is 0 Å². The van der Waals surface area contributed by atoms with Crippen LogP contribution in [-0.2, 0) is 21.4 Å². The van der Waals surface area contributed by atoms with E-state index in [0.29, 0.717) is 15.6 Å². The number of aliphatic carboxylic acids is 1. The Hall–Kier alpha value is -3.64. The number of aromatic nitrogens is 4. The average Bonchev–Trinajstić information content (AvgIpc) is 3.64. The van der Waals surface area contributed by atoms with Crippen LogP contribution in [0.15, 0.2) is 69.8 Å². The van der Waals surface area contributed by atoms with Crippen LogP contribution in [0, 0.1) is 0 Å². The quantitative estimate of drug-likeness (QED) is 0.134. The van der Waals surface area contributed by atoms with Crippen LogP contribution in [0.3, 0.4) is 0 Å². The number of aryl methyl sites for hydroxylation is 1. The van der Waals surface area contributed by atoms with Crippen LogP contribution in [0.25, 0.3) is 0 Å². The number of carboxylic acid groups (broad SMARTS) is 1. The second-order valence-corrected chi connectivity index (χ2v) is 10.9. The molecule has 5 amide bonds. The Morgan fingerprint density at radius 2 is 2.00 bits per heavy atom. The van der Waals surface area contributed by atoms with Gasteiger partial charge in [-0.2, -0.15) is 0 Å². The molecule has 1 aromatic carbocycles. The fourth-order valence-corrected chi connectivity index (χ4v) is 6.77. The standard InChI is InChI=1S/C24H22N8O7S2.Na/c1-30-24(27-28-29-30)41-11-14-10-40-21-15(20(35)31(21)17(14)22(36)37)26-18(33)16(12-5-3-2-4-6-12)32(23(25)38)19(34)13-7-8-39-9-13;/h2-9,15-16,21H,10-11H2,1H3,(H2,25,38)(H,26,33)(H,36,37);/q;+1/p-1/t15?,16?,21-;/m0./s1. The number of β-lactam (4-membered cyclic amide) rings is 1. The number of hydrogen-bond donors (Lipinski definition) is 2. The van der Waals surface area contributed by atoms with Crippen LogP contribution in [0.4, 0.5) is 4.79 Å². The van der Waals surface area contributed by atoms with Crippen molar-refractivity contribution in [3.8, 4) is 0 Å². The number of tetrazole rings is 1. The summed E-state index contributed by atoms with van der Waals surface area (Å²) < 4.78 is 6.36. The van der Waals surface area contributed by atoms with Gasteiger partial charge in [-0.25, -0.2) is 14.4 Å². The van der Waals surface area contributed by atoms with Crippen LogP contribution in [0.1, 0.15) is 22.0 Å². The molecule has 2 aliphatic rings. The number of nitrogens with two attached hydrogens (primary N) is 1. The van der Waals surface area contributed by atoms with Crippen molar-refractivity contribution in [2.45, 2.75) is 22.6 Å². The van der Waals surface area contributed by atoms with Gasteiger partial charge in [0.25, 0.3) is 11.8 Å². The van der Waals surface area contributed by atoms with Crippen molar-refractivity contribution < 1.29 is 63.1 Å². The number of carbonyl (C=O) groups is 5. The van der Waals surface area contributed by atoms with Crippen molar-refractivity contribution in [1.82, 2.24) is 35.3 Å². The smallest absolute Gasteiger partial charge is 0.543 e. The van der Waals surface area contributed by atoms with Gasteiger partial charge in [-0.1, -0.05) is 42.1 Å². The van der Waals surface area contributed by atoms with Gasteiger partial charge in [-0.15, -0.1) is 16.9 Å². The van der Waals surface area contributed by atoms with E-state index in [1.165, 1.54) is 52.7 Å². The monoisotopic (exact) mass is 620 g/mol. The van der Waals surface area contributed by atoms with Crippen molar-refractivity contribution in [3.63, 3.8) is 0 Å². The normalized spacial score (nSPS) is 18.3. The molecule has 0 bridgehead atoms. The maximum absolute atomic E-state index is 13.7. The van der Waals surface area contributed by atoms with Gasteiger partial charge in [-0.05, 0) is 27.6 Å². The van der Waals surface area contributed by atoms with E-state index in [1.54, 1.807) is 25.2 Å². The van der Waals surface area contributed by atoms with Crippen LogP contribution < -0.4 is 45.7 Å². The summed E-state index contributed by atoms with van der Waals surface area (Å²) in [7, 11) is 1.64. The van der Waals surface area contributed by atoms with Gasteiger partial charge in [0.05, 0.1) is 23.5 Å². The summed E-state index contributed by atoms with van der Waals surface area (Å²) in [6.45, 7) is 0. The van der Waals surface area contributed by atoms with Crippen LogP contribution >= 0.6 is 23.5 Å². The molecule has 15 nitrogen and oxygen atoms in total. The van der Waals surface area contributed by atoms with Gasteiger partial charge in [0.1, 0.15) is 23.7 Å². The van der Waals surface area contributed by atoms with E-state index in [-0.39, 0.29) is 57.9 Å². The minimum atomic E-state index is -1.53. The molecule has 18 heteroatoms. The number of thioether (sulfide) groups is 2. The zero-order valence-corrected chi connectivity index (χ0v) is 25.8. The third-order valence-electron chi connectivity index (χ3n) is 6.34. The predicted molar refractivity (Wildman–Crippen MR) is 140 cm³/mol. The number of fused-ring (bicyclic) bond motifs is 1.